The van der Waals surface area contributed by atoms with Gasteiger partial charge in [-0.1, -0.05) is 0 Å². The number of hydrogen-bond donors (Lipinski definition) is 2. The van der Waals surface area contributed by atoms with Gasteiger partial charge in [-0.2, -0.15) is 0 Å². The number of rotatable bonds is 6. The Labute approximate surface area is 140 Å². The van der Waals surface area contributed by atoms with Gasteiger partial charge in [0.15, 0.2) is 5.75 Å². The Balaban J connectivity index is 3.09. The number of pyridine rings is 1. The molecule has 0 atom stereocenters. The molecule has 0 unspecified atom stereocenters. The van der Waals surface area contributed by atoms with E-state index in [0.29, 0.717) is 0 Å². The Bertz CT molecular complexity index is 986. The first-order valence-electron chi connectivity index (χ1n) is 6.64. The largest absolute Gasteiger partial charge is 0.493 e. The summed E-state index contributed by atoms with van der Waals surface area (Å²) in [5.41, 5.74) is 0.0574. The van der Waals surface area contributed by atoms with E-state index in [2.05, 4.69) is 14.4 Å². The molecule has 0 aliphatic rings. The average Bonchev–Trinajstić information content (AvgIpc) is 2.59. The lowest BCUT2D eigenvalue weighted by molar-refractivity contribution is 0.393. The minimum Gasteiger partial charge on any atom is -0.493 e. The summed E-state index contributed by atoms with van der Waals surface area (Å²) >= 11 is 0. The van der Waals surface area contributed by atoms with Gasteiger partial charge in [-0.3, -0.25) is 0 Å². The topological polar surface area (TPSA) is 124 Å². The van der Waals surface area contributed by atoms with Crippen molar-refractivity contribution < 1.29 is 26.3 Å². The summed E-state index contributed by atoms with van der Waals surface area (Å²) in [6.07, 6.45) is 0. The van der Waals surface area contributed by atoms with E-state index in [9.17, 15) is 16.8 Å². The Morgan fingerprint density at radius 1 is 0.917 bits per heavy atom. The maximum atomic E-state index is 12.3. The molecule has 1 aromatic carbocycles. The summed E-state index contributed by atoms with van der Waals surface area (Å²) in [5.74, 6) is 0.112. The fraction of sp³-hybridized carbons (Fsp3) is 0.308. The van der Waals surface area contributed by atoms with Crippen molar-refractivity contribution >= 4 is 30.9 Å². The van der Waals surface area contributed by atoms with E-state index in [1.54, 1.807) is 0 Å². The van der Waals surface area contributed by atoms with Crippen molar-refractivity contribution in [2.45, 2.75) is 9.79 Å². The van der Waals surface area contributed by atoms with Crippen LogP contribution in [0.25, 0.3) is 10.9 Å². The molecule has 0 radical (unpaired) electrons. The third kappa shape index (κ3) is 3.02. The smallest absolute Gasteiger partial charge is 0.244 e. The SMILES string of the molecule is CNS(=O)(=O)c1cc(S(=O)(=O)NC)c2ccc(OC)nc2c1OC. The van der Waals surface area contributed by atoms with Gasteiger partial charge in [0.1, 0.15) is 10.4 Å². The van der Waals surface area contributed by atoms with Crippen LogP contribution in [0.2, 0.25) is 0 Å². The molecule has 1 heterocycles. The molecule has 2 N–H and O–H groups in total. The molecule has 1 aromatic heterocycles. The summed E-state index contributed by atoms with van der Waals surface area (Å²) < 4.78 is 63.7. The number of sulfonamides is 2. The Morgan fingerprint density at radius 2 is 1.50 bits per heavy atom. The number of benzene rings is 1. The second-order valence-corrected chi connectivity index (χ2v) is 8.28. The molecule has 9 nitrogen and oxygen atoms in total. The minimum atomic E-state index is -3.99. The highest BCUT2D eigenvalue weighted by Gasteiger charge is 2.27. The molecule has 11 heteroatoms. The first-order valence-corrected chi connectivity index (χ1v) is 9.61. The molecular weight excluding hydrogens is 358 g/mol. The van der Waals surface area contributed by atoms with Gasteiger partial charge in [-0.25, -0.2) is 31.3 Å². The van der Waals surface area contributed by atoms with Crippen molar-refractivity contribution in [3.63, 3.8) is 0 Å². The number of aromatic nitrogens is 1. The molecule has 2 rings (SSSR count). The Kier molecular flexibility index (Phi) is 4.99. The number of nitrogens with zero attached hydrogens (tertiary/aromatic N) is 1. The van der Waals surface area contributed by atoms with Crippen molar-refractivity contribution in [1.82, 2.24) is 14.4 Å². The fourth-order valence-electron chi connectivity index (χ4n) is 2.15. The lowest BCUT2D eigenvalue weighted by Gasteiger charge is -2.15. The van der Waals surface area contributed by atoms with E-state index in [-0.39, 0.29) is 32.3 Å². The van der Waals surface area contributed by atoms with E-state index < -0.39 is 20.0 Å². The zero-order valence-corrected chi connectivity index (χ0v) is 15.1. The number of hydrogen-bond acceptors (Lipinski definition) is 7. The lowest BCUT2D eigenvalue weighted by atomic mass is 10.2. The van der Waals surface area contributed by atoms with Crippen molar-refractivity contribution in [3.05, 3.63) is 18.2 Å². The molecule has 0 aliphatic heterocycles. The molecule has 24 heavy (non-hydrogen) atoms. The van der Waals surface area contributed by atoms with Crippen LogP contribution >= 0.6 is 0 Å². The Hall–Kier alpha value is -1.95. The number of methoxy groups -OCH3 is 2. The molecule has 132 valence electrons. The van der Waals surface area contributed by atoms with Crippen LogP contribution in [0, 0.1) is 0 Å². The summed E-state index contributed by atoms with van der Waals surface area (Å²) in [5, 5.41) is 0.206. The Morgan fingerprint density at radius 3 is 2.00 bits per heavy atom. The van der Waals surface area contributed by atoms with E-state index in [0.717, 1.165) is 6.07 Å². The molecule has 0 saturated carbocycles. The van der Waals surface area contributed by atoms with Crippen LogP contribution in [-0.2, 0) is 20.0 Å². The molecule has 0 bridgehead atoms. The predicted octanol–water partition coefficient (Wildman–Crippen LogP) is 0.0682. The van der Waals surface area contributed by atoms with Gasteiger partial charge in [-0.15, -0.1) is 0 Å². The molecule has 0 saturated heterocycles. The zero-order chi connectivity index (χ0) is 18.1. The predicted molar refractivity (Wildman–Crippen MR) is 87.3 cm³/mol. The zero-order valence-electron chi connectivity index (χ0n) is 13.4. The van der Waals surface area contributed by atoms with Crippen molar-refractivity contribution in [2.75, 3.05) is 28.3 Å². The molecule has 0 aliphatic carbocycles. The van der Waals surface area contributed by atoms with E-state index in [4.69, 9.17) is 9.47 Å². The summed E-state index contributed by atoms with van der Waals surface area (Å²) in [7, 11) is -2.82. The highest BCUT2D eigenvalue weighted by atomic mass is 32.2. The van der Waals surface area contributed by atoms with Gasteiger partial charge in [-0.05, 0) is 26.2 Å². The first kappa shape index (κ1) is 18.4. The summed E-state index contributed by atoms with van der Waals surface area (Å²) in [6, 6.07) is 3.99. The van der Waals surface area contributed by atoms with Crippen LogP contribution in [0.1, 0.15) is 0 Å². The van der Waals surface area contributed by atoms with Gasteiger partial charge in [0.2, 0.25) is 25.9 Å². The maximum Gasteiger partial charge on any atom is 0.244 e. The van der Waals surface area contributed by atoms with Crippen LogP contribution in [0.5, 0.6) is 11.6 Å². The second kappa shape index (κ2) is 6.51. The number of nitrogens with one attached hydrogen (secondary N) is 2. The van der Waals surface area contributed by atoms with Crippen molar-refractivity contribution in [1.29, 1.82) is 0 Å². The second-order valence-electron chi connectivity index (χ2n) is 4.57. The van der Waals surface area contributed by atoms with E-state index >= 15 is 0 Å². The summed E-state index contributed by atoms with van der Waals surface area (Å²) in [6.45, 7) is 0. The third-order valence-electron chi connectivity index (χ3n) is 3.37. The van der Waals surface area contributed by atoms with Gasteiger partial charge >= 0.3 is 0 Å². The quantitative estimate of drug-likeness (QED) is 0.732. The van der Waals surface area contributed by atoms with Crippen molar-refractivity contribution in [3.8, 4) is 11.6 Å². The highest BCUT2D eigenvalue weighted by Crippen LogP contribution is 2.37. The molecule has 0 amide bonds. The van der Waals surface area contributed by atoms with Gasteiger partial charge in [0, 0.05) is 11.5 Å². The lowest BCUT2D eigenvalue weighted by Crippen LogP contribution is -2.23. The minimum absolute atomic E-state index is 0.0574. The van der Waals surface area contributed by atoms with Gasteiger partial charge < -0.3 is 9.47 Å². The third-order valence-corrected chi connectivity index (χ3v) is 6.24. The van der Waals surface area contributed by atoms with Crippen LogP contribution in [0.15, 0.2) is 28.0 Å². The van der Waals surface area contributed by atoms with E-state index in [1.165, 1.54) is 40.4 Å². The van der Waals surface area contributed by atoms with Crippen LogP contribution < -0.4 is 18.9 Å². The number of ether oxygens (including phenoxy) is 2. The molecule has 2 aromatic rings. The van der Waals surface area contributed by atoms with E-state index in [1.807, 2.05) is 0 Å². The number of fused-ring (bicyclic) bond motifs is 1. The molecule has 0 spiro atoms. The van der Waals surface area contributed by atoms with Crippen LogP contribution in [0.4, 0.5) is 0 Å². The highest BCUT2D eigenvalue weighted by molar-refractivity contribution is 7.90. The van der Waals surface area contributed by atoms with Crippen LogP contribution in [0.3, 0.4) is 0 Å². The first-order chi connectivity index (χ1) is 11.2. The van der Waals surface area contributed by atoms with Gasteiger partial charge in [0.05, 0.1) is 19.1 Å². The van der Waals surface area contributed by atoms with Crippen LogP contribution in [-0.4, -0.2) is 50.1 Å². The molecular formula is C13H17N3O6S2. The maximum absolute atomic E-state index is 12.3. The van der Waals surface area contributed by atoms with Gasteiger partial charge in [0.25, 0.3) is 0 Å². The fourth-order valence-corrected chi connectivity index (χ4v) is 4.08. The summed E-state index contributed by atoms with van der Waals surface area (Å²) in [4.78, 5) is 3.58. The monoisotopic (exact) mass is 375 g/mol. The standard InChI is InChI=1S/C13H17N3O6S2/c1-14-23(17,18)9-7-10(24(19,20)15-2)13(22-4)12-8(9)5-6-11(16-12)21-3/h5-7,14-15H,1-4H3. The molecule has 0 fully saturated rings. The average molecular weight is 375 g/mol. The normalized spacial score (nSPS) is 12.3. The van der Waals surface area contributed by atoms with Crippen molar-refractivity contribution in [2.24, 2.45) is 0 Å².